The highest BCUT2D eigenvalue weighted by molar-refractivity contribution is 9.11. The van der Waals surface area contributed by atoms with Crippen LogP contribution in [0.5, 0.6) is 5.75 Å². The summed E-state index contributed by atoms with van der Waals surface area (Å²) in [6.45, 7) is 4.97. The number of aryl methyl sites for hydroxylation is 1. The lowest BCUT2D eigenvalue weighted by atomic mass is 10.0. The molecule has 0 radical (unpaired) electrons. The number of carbonyl (C=O) groups is 1. The molecule has 0 aromatic heterocycles. The van der Waals surface area contributed by atoms with E-state index in [0.29, 0.717) is 30.4 Å². The van der Waals surface area contributed by atoms with E-state index in [-0.39, 0.29) is 17.4 Å². The van der Waals surface area contributed by atoms with E-state index < -0.39 is 10.0 Å². The molecule has 3 rings (SSSR count). The summed E-state index contributed by atoms with van der Waals surface area (Å²) in [7, 11) is -3.50. The smallest absolute Gasteiger partial charge is 0.262 e. The number of ether oxygens (including phenoxy) is 1. The molecule has 9 heteroatoms. The van der Waals surface area contributed by atoms with Crippen molar-refractivity contribution in [2.75, 3.05) is 25.0 Å². The van der Waals surface area contributed by atoms with Gasteiger partial charge in [-0.2, -0.15) is 4.31 Å². The number of sulfonamides is 1. The second-order valence-electron chi connectivity index (χ2n) is 7.48. The van der Waals surface area contributed by atoms with E-state index in [0.717, 1.165) is 27.4 Å². The van der Waals surface area contributed by atoms with Crippen molar-refractivity contribution in [3.63, 3.8) is 0 Å². The first-order chi connectivity index (χ1) is 14.2. The second kappa shape index (κ2) is 9.80. The summed E-state index contributed by atoms with van der Waals surface area (Å²) >= 11 is 6.84. The molecule has 1 heterocycles. The lowest BCUT2D eigenvalue weighted by Gasteiger charge is -2.29. The normalized spacial score (nSPS) is 15.7. The number of piperidine rings is 1. The van der Waals surface area contributed by atoms with Crippen molar-refractivity contribution in [1.82, 2.24) is 4.31 Å². The fraction of sp³-hybridized carbons (Fsp3) is 0.381. The van der Waals surface area contributed by atoms with Crippen LogP contribution in [0, 0.1) is 12.8 Å². The van der Waals surface area contributed by atoms with Gasteiger partial charge in [-0.1, -0.05) is 22.9 Å². The lowest BCUT2D eigenvalue weighted by Crippen LogP contribution is -2.37. The molecule has 0 saturated carbocycles. The monoisotopic (exact) mass is 558 g/mol. The molecule has 0 aliphatic carbocycles. The Bertz CT molecular complexity index is 995. The number of hydrogen-bond donors (Lipinski definition) is 1. The third kappa shape index (κ3) is 5.63. The summed E-state index contributed by atoms with van der Waals surface area (Å²) in [5, 5.41) is 2.73. The van der Waals surface area contributed by atoms with Crippen LogP contribution in [0.2, 0.25) is 0 Å². The summed E-state index contributed by atoms with van der Waals surface area (Å²) in [6, 6.07) is 10.00. The summed E-state index contributed by atoms with van der Waals surface area (Å²) < 4.78 is 34.4. The highest BCUT2D eigenvalue weighted by Crippen LogP contribution is 2.32. The molecule has 0 unspecified atom stereocenters. The van der Waals surface area contributed by atoms with Crippen LogP contribution in [0.15, 0.2) is 50.2 Å². The molecular formula is C21H24Br2N2O4S. The van der Waals surface area contributed by atoms with Gasteiger partial charge in [-0.05, 0) is 83.6 Å². The number of hydrogen-bond acceptors (Lipinski definition) is 4. The molecule has 162 valence electrons. The predicted octanol–water partition coefficient (Wildman–Crippen LogP) is 4.96. The van der Waals surface area contributed by atoms with Crippen molar-refractivity contribution in [2.24, 2.45) is 5.92 Å². The maximum Gasteiger partial charge on any atom is 0.262 e. The van der Waals surface area contributed by atoms with Crippen LogP contribution in [0.25, 0.3) is 0 Å². The van der Waals surface area contributed by atoms with Crippen molar-refractivity contribution in [2.45, 2.75) is 31.6 Å². The summed E-state index contributed by atoms with van der Waals surface area (Å²) in [6.07, 6.45) is 1.75. The van der Waals surface area contributed by atoms with Crippen LogP contribution in [0.4, 0.5) is 5.69 Å². The van der Waals surface area contributed by atoms with Crippen LogP contribution in [-0.2, 0) is 14.8 Å². The number of anilines is 1. The van der Waals surface area contributed by atoms with Crippen LogP contribution >= 0.6 is 31.9 Å². The number of nitrogens with zero attached hydrogens (tertiary/aromatic N) is 1. The standard InChI is InChI=1S/C21H24Br2N2O4S/c1-14-7-9-25(10-8-14)30(27,28)18-5-3-17(4-6-18)24-20(26)13-29-21-15(2)11-16(22)12-19(21)23/h3-6,11-12,14H,7-10,13H2,1-2H3,(H,24,26). The minimum Gasteiger partial charge on any atom is -0.482 e. The minimum absolute atomic E-state index is 0.160. The summed E-state index contributed by atoms with van der Waals surface area (Å²) in [5.74, 6) is 0.827. The van der Waals surface area contributed by atoms with Crippen molar-refractivity contribution in [3.8, 4) is 5.75 Å². The van der Waals surface area contributed by atoms with Gasteiger partial charge in [0.05, 0.1) is 9.37 Å². The van der Waals surface area contributed by atoms with Crippen LogP contribution in [0.1, 0.15) is 25.3 Å². The van der Waals surface area contributed by atoms with Crippen LogP contribution in [0.3, 0.4) is 0 Å². The van der Waals surface area contributed by atoms with Gasteiger partial charge in [0.2, 0.25) is 10.0 Å². The van der Waals surface area contributed by atoms with Gasteiger partial charge in [-0.25, -0.2) is 8.42 Å². The van der Waals surface area contributed by atoms with E-state index >= 15 is 0 Å². The molecular weight excluding hydrogens is 536 g/mol. The van der Waals surface area contributed by atoms with Gasteiger partial charge < -0.3 is 10.1 Å². The Morgan fingerprint density at radius 2 is 1.80 bits per heavy atom. The van der Waals surface area contributed by atoms with E-state index in [9.17, 15) is 13.2 Å². The lowest BCUT2D eigenvalue weighted by molar-refractivity contribution is -0.118. The van der Waals surface area contributed by atoms with Crippen molar-refractivity contribution >= 4 is 53.5 Å². The zero-order chi connectivity index (χ0) is 21.9. The number of nitrogens with one attached hydrogen (secondary N) is 1. The van der Waals surface area contributed by atoms with Crippen molar-refractivity contribution in [3.05, 3.63) is 50.9 Å². The first-order valence-electron chi connectivity index (χ1n) is 9.65. The molecule has 2 aromatic rings. The number of benzene rings is 2. The van der Waals surface area contributed by atoms with Gasteiger partial charge >= 0.3 is 0 Å². The molecule has 1 aliphatic heterocycles. The molecule has 6 nitrogen and oxygen atoms in total. The molecule has 2 aromatic carbocycles. The average molecular weight is 560 g/mol. The number of carbonyl (C=O) groups excluding carboxylic acids is 1. The van der Waals surface area contributed by atoms with Crippen molar-refractivity contribution < 1.29 is 17.9 Å². The van der Waals surface area contributed by atoms with Crippen molar-refractivity contribution in [1.29, 1.82) is 0 Å². The fourth-order valence-electron chi connectivity index (χ4n) is 3.29. The zero-order valence-corrected chi connectivity index (χ0v) is 20.8. The number of halogens is 2. The Labute approximate surface area is 194 Å². The van der Waals surface area contributed by atoms with E-state index in [1.54, 1.807) is 12.1 Å². The molecule has 0 spiro atoms. The predicted molar refractivity (Wildman–Crippen MR) is 124 cm³/mol. The molecule has 1 N–H and O–H groups in total. The van der Waals surface area contributed by atoms with Gasteiger partial charge in [0.25, 0.3) is 5.91 Å². The largest absolute Gasteiger partial charge is 0.482 e. The molecule has 1 fully saturated rings. The molecule has 1 amide bonds. The maximum absolute atomic E-state index is 12.8. The summed E-state index contributed by atoms with van der Waals surface area (Å²) in [4.78, 5) is 12.5. The molecule has 1 aliphatic rings. The Balaban J connectivity index is 1.59. The maximum atomic E-state index is 12.8. The number of rotatable bonds is 6. The van der Waals surface area contributed by atoms with Crippen LogP contribution in [-0.4, -0.2) is 38.3 Å². The van der Waals surface area contributed by atoms with Crippen LogP contribution < -0.4 is 10.1 Å². The Morgan fingerprint density at radius 1 is 1.17 bits per heavy atom. The third-order valence-corrected chi connectivity index (χ3v) is 8.02. The molecule has 0 atom stereocenters. The topological polar surface area (TPSA) is 75.7 Å². The molecule has 30 heavy (non-hydrogen) atoms. The van der Waals surface area contributed by atoms with Gasteiger partial charge in [0.15, 0.2) is 6.61 Å². The van der Waals surface area contributed by atoms with E-state index in [2.05, 4.69) is 44.1 Å². The fourth-order valence-corrected chi connectivity index (χ4v) is 6.31. The zero-order valence-electron chi connectivity index (χ0n) is 16.8. The quantitative estimate of drug-likeness (QED) is 0.543. The second-order valence-corrected chi connectivity index (χ2v) is 11.2. The van der Waals surface area contributed by atoms with E-state index in [4.69, 9.17) is 4.74 Å². The highest BCUT2D eigenvalue weighted by Gasteiger charge is 2.27. The van der Waals surface area contributed by atoms with Gasteiger partial charge in [0, 0.05) is 23.2 Å². The Hall–Kier alpha value is -1.42. The first kappa shape index (κ1) is 23.2. The Kier molecular flexibility index (Phi) is 7.60. The van der Waals surface area contributed by atoms with Gasteiger partial charge in [0.1, 0.15) is 5.75 Å². The average Bonchev–Trinajstić information content (AvgIpc) is 2.68. The number of amides is 1. The van der Waals surface area contributed by atoms with Gasteiger partial charge in [-0.15, -0.1) is 0 Å². The van der Waals surface area contributed by atoms with Gasteiger partial charge in [-0.3, -0.25) is 4.79 Å². The minimum atomic E-state index is -3.50. The summed E-state index contributed by atoms with van der Waals surface area (Å²) in [5.41, 5.74) is 1.41. The first-order valence-corrected chi connectivity index (χ1v) is 12.7. The third-order valence-electron chi connectivity index (χ3n) is 5.06. The Morgan fingerprint density at radius 3 is 2.40 bits per heavy atom. The molecule has 0 bridgehead atoms. The van der Waals surface area contributed by atoms with E-state index in [1.165, 1.54) is 16.4 Å². The molecule has 1 saturated heterocycles. The SMILES string of the molecule is Cc1cc(Br)cc(Br)c1OCC(=O)Nc1ccc(S(=O)(=O)N2CCC(C)CC2)cc1. The van der Waals surface area contributed by atoms with E-state index in [1.807, 2.05) is 19.1 Å². The highest BCUT2D eigenvalue weighted by atomic mass is 79.9.